The van der Waals surface area contributed by atoms with E-state index in [1.54, 1.807) is 6.08 Å². The monoisotopic (exact) mass is 189 g/mol. The van der Waals surface area contributed by atoms with Crippen LogP contribution in [-0.4, -0.2) is 12.3 Å². The van der Waals surface area contributed by atoms with Crippen LogP contribution in [0.25, 0.3) is 0 Å². The van der Waals surface area contributed by atoms with Crippen LogP contribution in [0.2, 0.25) is 0 Å². The first kappa shape index (κ1) is 8.70. The lowest BCUT2D eigenvalue weighted by molar-refractivity contribution is 0.0895. The number of allylic oxidation sites excluding steroid dienone is 1. The molecule has 0 N–H and O–H groups in total. The van der Waals surface area contributed by atoms with Crippen molar-refractivity contribution in [3.63, 3.8) is 0 Å². The second kappa shape index (κ2) is 2.32. The lowest BCUT2D eigenvalue weighted by Crippen LogP contribution is -2.39. The molecule has 0 saturated heterocycles. The van der Waals surface area contributed by atoms with Crippen molar-refractivity contribution in [2.45, 2.75) is 39.2 Å². The van der Waals surface area contributed by atoms with Gasteiger partial charge in [0.15, 0.2) is 0 Å². The molecule has 1 nitrogen and oxygen atoms in total. The van der Waals surface area contributed by atoms with E-state index in [1.165, 1.54) is 19.3 Å². The van der Waals surface area contributed by atoms with E-state index in [2.05, 4.69) is 25.4 Å². The number of rotatable bonds is 3. The molecular formula is C13H19N. The molecule has 0 aromatic carbocycles. The zero-order valence-electron chi connectivity index (χ0n) is 9.16. The number of nitrogens with zero attached hydrogens (tertiary/aromatic N) is 1. The van der Waals surface area contributed by atoms with Gasteiger partial charge in [-0.3, -0.25) is 4.99 Å². The third-order valence-corrected chi connectivity index (χ3v) is 5.30. The molecule has 0 radical (unpaired) electrons. The average molecular weight is 189 g/mol. The largest absolute Gasteiger partial charge is 0.290 e. The lowest BCUT2D eigenvalue weighted by Gasteiger charge is -2.41. The molecule has 0 aliphatic heterocycles. The van der Waals surface area contributed by atoms with E-state index in [4.69, 9.17) is 0 Å². The van der Waals surface area contributed by atoms with Crippen molar-refractivity contribution in [3.05, 3.63) is 12.7 Å². The van der Waals surface area contributed by atoms with Crippen LogP contribution in [0, 0.1) is 22.7 Å². The van der Waals surface area contributed by atoms with Crippen molar-refractivity contribution in [3.8, 4) is 0 Å². The summed E-state index contributed by atoms with van der Waals surface area (Å²) < 4.78 is 0. The Labute approximate surface area is 86.3 Å². The highest BCUT2D eigenvalue weighted by molar-refractivity contribution is 5.70. The molecule has 5 atom stereocenters. The van der Waals surface area contributed by atoms with Gasteiger partial charge in [0, 0.05) is 11.6 Å². The van der Waals surface area contributed by atoms with Gasteiger partial charge in [0.25, 0.3) is 0 Å². The van der Waals surface area contributed by atoms with Crippen LogP contribution in [-0.2, 0) is 0 Å². The summed E-state index contributed by atoms with van der Waals surface area (Å²) in [4.78, 5) is 4.61. The third kappa shape index (κ3) is 0.721. The maximum Gasteiger partial charge on any atom is 0.0535 e. The SMILES string of the molecule is C=C/C=N/C(C)[C@]12CC1CC21CC1C. The van der Waals surface area contributed by atoms with Gasteiger partial charge >= 0.3 is 0 Å². The molecule has 14 heavy (non-hydrogen) atoms. The molecule has 76 valence electrons. The van der Waals surface area contributed by atoms with Crippen molar-refractivity contribution in [2.24, 2.45) is 27.7 Å². The van der Waals surface area contributed by atoms with E-state index in [1.807, 2.05) is 6.21 Å². The predicted octanol–water partition coefficient (Wildman–Crippen LogP) is 3.07. The highest BCUT2D eigenvalue weighted by Gasteiger charge is 2.84. The maximum absolute atomic E-state index is 4.61. The molecule has 1 heteroatoms. The van der Waals surface area contributed by atoms with Gasteiger partial charge in [-0.25, -0.2) is 0 Å². The smallest absolute Gasteiger partial charge is 0.0535 e. The standard InChI is InChI=1S/C13H19N/c1-4-5-14-10(3)13-8-11(13)7-12(13)6-9(12)2/h4-5,9-11H,1,6-8H2,2-3H3/b14-5+/t9?,10?,11?,12?,13-/m1/s1. The minimum Gasteiger partial charge on any atom is -0.290 e. The summed E-state index contributed by atoms with van der Waals surface area (Å²) in [7, 11) is 0. The summed E-state index contributed by atoms with van der Waals surface area (Å²) in [5, 5.41) is 0. The molecule has 3 saturated carbocycles. The fraction of sp³-hybridized carbons (Fsp3) is 0.769. The van der Waals surface area contributed by atoms with E-state index in [0.29, 0.717) is 11.5 Å². The second-order valence-corrected chi connectivity index (χ2v) is 5.62. The summed E-state index contributed by atoms with van der Waals surface area (Å²) in [5.41, 5.74) is 1.36. The average Bonchev–Trinajstić information content (AvgIpc) is 2.98. The Morgan fingerprint density at radius 1 is 1.43 bits per heavy atom. The number of hydrogen-bond acceptors (Lipinski definition) is 1. The Kier molecular flexibility index (Phi) is 1.44. The van der Waals surface area contributed by atoms with E-state index < -0.39 is 0 Å². The zero-order valence-corrected chi connectivity index (χ0v) is 9.16. The molecule has 3 fully saturated rings. The number of hydrogen-bond donors (Lipinski definition) is 0. The van der Waals surface area contributed by atoms with Gasteiger partial charge in [-0.1, -0.05) is 19.6 Å². The molecule has 0 heterocycles. The van der Waals surface area contributed by atoms with Crippen LogP contribution in [0.3, 0.4) is 0 Å². The van der Waals surface area contributed by atoms with Gasteiger partial charge in [-0.15, -0.1) is 0 Å². The van der Waals surface area contributed by atoms with E-state index >= 15 is 0 Å². The Morgan fingerprint density at radius 3 is 2.57 bits per heavy atom. The summed E-state index contributed by atoms with van der Waals surface area (Å²) in [6.07, 6.45) is 8.10. The first-order chi connectivity index (χ1) is 6.67. The van der Waals surface area contributed by atoms with E-state index in [-0.39, 0.29) is 0 Å². The van der Waals surface area contributed by atoms with Crippen LogP contribution in [0.4, 0.5) is 0 Å². The van der Waals surface area contributed by atoms with Crippen molar-refractivity contribution in [2.75, 3.05) is 0 Å². The van der Waals surface area contributed by atoms with Crippen LogP contribution >= 0.6 is 0 Å². The Balaban J connectivity index is 1.80. The van der Waals surface area contributed by atoms with Gasteiger partial charge in [0.05, 0.1) is 6.04 Å². The topological polar surface area (TPSA) is 12.4 Å². The highest BCUT2D eigenvalue weighted by Crippen LogP contribution is 2.89. The molecule has 4 unspecified atom stereocenters. The van der Waals surface area contributed by atoms with Gasteiger partial charge in [0.2, 0.25) is 0 Å². The van der Waals surface area contributed by atoms with Crippen molar-refractivity contribution < 1.29 is 0 Å². The summed E-state index contributed by atoms with van der Waals surface area (Å²) in [6.45, 7) is 8.40. The molecule has 3 rings (SSSR count). The zero-order chi connectivity index (χ0) is 9.97. The number of aliphatic imine (C=N–C) groups is 1. The Hall–Kier alpha value is -0.590. The molecule has 3 aliphatic rings. The van der Waals surface area contributed by atoms with E-state index in [0.717, 1.165) is 17.3 Å². The number of fused-ring (bicyclic) bond motifs is 2. The first-order valence-electron chi connectivity index (χ1n) is 5.81. The minimum absolute atomic E-state index is 0.532. The van der Waals surface area contributed by atoms with Crippen LogP contribution in [0.5, 0.6) is 0 Å². The minimum atomic E-state index is 0.532. The van der Waals surface area contributed by atoms with Crippen molar-refractivity contribution in [1.82, 2.24) is 0 Å². The van der Waals surface area contributed by atoms with Crippen LogP contribution < -0.4 is 0 Å². The Morgan fingerprint density at radius 2 is 2.14 bits per heavy atom. The second-order valence-electron chi connectivity index (χ2n) is 5.62. The van der Waals surface area contributed by atoms with Crippen LogP contribution in [0.15, 0.2) is 17.6 Å². The summed E-state index contributed by atoms with van der Waals surface area (Å²) >= 11 is 0. The highest BCUT2D eigenvalue weighted by atomic mass is 15.0. The van der Waals surface area contributed by atoms with E-state index in [9.17, 15) is 0 Å². The Bertz CT molecular complexity index is 319. The molecule has 0 aromatic rings. The summed E-state index contributed by atoms with van der Waals surface area (Å²) in [5.74, 6) is 1.99. The van der Waals surface area contributed by atoms with Gasteiger partial charge in [-0.2, -0.15) is 0 Å². The maximum atomic E-state index is 4.61. The molecule has 0 aromatic heterocycles. The quantitative estimate of drug-likeness (QED) is 0.605. The molecular weight excluding hydrogens is 170 g/mol. The van der Waals surface area contributed by atoms with Crippen LogP contribution in [0.1, 0.15) is 33.1 Å². The van der Waals surface area contributed by atoms with Crippen molar-refractivity contribution >= 4 is 6.21 Å². The molecule has 0 amide bonds. The fourth-order valence-corrected chi connectivity index (χ4v) is 4.38. The summed E-state index contributed by atoms with van der Waals surface area (Å²) in [6, 6.07) is 0.532. The molecule has 3 aliphatic carbocycles. The first-order valence-corrected chi connectivity index (χ1v) is 5.81. The fourth-order valence-electron chi connectivity index (χ4n) is 4.38. The third-order valence-electron chi connectivity index (χ3n) is 5.30. The van der Waals surface area contributed by atoms with Gasteiger partial charge in [-0.05, 0) is 43.4 Å². The predicted molar refractivity (Wildman–Crippen MR) is 59.5 cm³/mol. The van der Waals surface area contributed by atoms with Gasteiger partial charge < -0.3 is 0 Å². The normalized spacial score (nSPS) is 55.3. The van der Waals surface area contributed by atoms with Crippen molar-refractivity contribution in [1.29, 1.82) is 0 Å². The lowest BCUT2D eigenvalue weighted by atomic mass is 9.65. The molecule has 1 spiro atoms. The molecule has 0 bridgehead atoms. The van der Waals surface area contributed by atoms with Gasteiger partial charge in [0.1, 0.15) is 0 Å².